The van der Waals surface area contributed by atoms with Crippen molar-refractivity contribution in [2.75, 3.05) is 0 Å². The van der Waals surface area contributed by atoms with Crippen LogP contribution in [0.1, 0.15) is 0 Å². The molecule has 6 nitrogen and oxygen atoms in total. The van der Waals surface area contributed by atoms with Crippen LogP contribution in [0.4, 0.5) is 0 Å². The molecule has 224 valence electrons. The maximum Gasteiger partial charge on any atom is 0.166 e. The summed E-state index contributed by atoms with van der Waals surface area (Å²) in [4.78, 5) is 19.8. The Morgan fingerprint density at radius 3 is 1.62 bits per heavy atom. The molecule has 0 saturated heterocycles. The van der Waals surface area contributed by atoms with Gasteiger partial charge in [0.15, 0.2) is 23.1 Å². The molecule has 10 aromatic rings. The first-order chi connectivity index (χ1) is 23.8. The van der Waals surface area contributed by atoms with Crippen LogP contribution in [0.2, 0.25) is 0 Å². The number of hydrogen-bond donors (Lipinski definition) is 0. The molecular formula is C42H24N4O2. The van der Waals surface area contributed by atoms with Gasteiger partial charge in [0.05, 0.1) is 6.20 Å². The lowest BCUT2D eigenvalue weighted by molar-refractivity contribution is 0.667. The Balaban J connectivity index is 1.23. The maximum absolute atomic E-state index is 6.24. The van der Waals surface area contributed by atoms with E-state index in [-0.39, 0.29) is 0 Å². The number of nitrogens with zero attached hydrogens (tertiary/aromatic N) is 4. The lowest BCUT2D eigenvalue weighted by Crippen LogP contribution is -2.01. The predicted octanol–water partition coefficient (Wildman–Crippen LogP) is 10.9. The molecule has 0 atom stereocenters. The number of hydrogen-bond acceptors (Lipinski definition) is 6. The van der Waals surface area contributed by atoms with Gasteiger partial charge in [0, 0.05) is 44.4 Å². The highest BCUT2D eigenvalue weighted by atomic mass is 16.3. The van der Waals surface area contributed by atoms with Gasteiger partial charge in [-0.2, -0.15) is 0 Å². The molecule has 0 unspecified atom stereocenters. The molecule has 0 saturated carbocycles. The minimum absolute atomic E-state index is 0.534. The van der Waals surface area contributed by atoms with Gasteiger partial charge in [0.25, 0.3) is 0 Å². The largest absolute Gasteiger partial charge is 0.456 e. The summed E-state index contributed by atoms with van der Waals surface area (Å²) in [6.07, 6.45) is 3.56. The van der Waals surface area contributed by atoms with Crippen LogP contribution in [0.3, 0.4) is 0 Å². The monoisotopic (exact) mass is 616 g/mol. The maximum atomic E-state index is 6.24. The quantitative estimate of drug-likeness (QED) is 0.196. The topological polar surface area (TPSA) is 77.8 Å². The Labute approximate surface area is 274 Å². The first-order valence-corrected chi connectivity index (χ1v) is 15.8. The summed E-state index contributed by atoms with van der Waals surface area (Å²) in [5.74, 6) is 1.70. The van der Waals surface area contributed by atoms with Crippen molar-refractivity contribution in [1.82, 2.24) is 19.9 Å². The molecule has 10 rings (SSSR count). The fourth-order valence-electron chi connectivity index (χ4n) is 6.92. The number of pyridine rings is 1. The van der Waals surface area contributed by atoms with Gasteiger partial charge >= 0.3 is 0 Å². The molecule has 4 aromatic heterocycles. The van der Waals surface area contributed by atoms with Gasteiger partial charge in [-0.1, -0.05) is 115 Å². The summed E-state index contributed by atoms with van der Waals surface area (Å²) < 4.78 is 12.4. The normalized spacial score (nSPS) is 11.8. The van der Waals surface area contributed by atoms with Gasteiger partial charge in [-0.25, -0.2) is 15.0 Å². The number of rotatable bonds is 4. The molecule has 6 heteroatoms. The number of benzene rings is 6. The summed E-state index contributed by atoms with van der Waals surface area (Å²) >= 11 is 0. The van der Waals surface area contributed by atoms with E-state index in [2.05, 4.69) is 71.7 Å². The van der Waals surface area contributed by atoms with Crippen LogP contribution in [0.5, 0.6) is 0 Å². The van der Waals surface area contributed by atoms with Crippen molar-refractivity contribution in [2.45, 2.75) is 0 Å². The van der Waals surface area contributed by atoms with Crippen LogP contribution in [0, 0.1) is 0 Å². The lowest BCUT2D eigenvalue weighted by atomic mass is 9.93. The Morgan fingerprint density at radius 2 is 0.854 bits per heavy atom. The Morgan fingerprint density at radius 1 is 0.333 bits per heavy atom. The van der Waals surface area contributed by atoms with E-state index in [1.165, 1.54) is 0 Å². The van der Waals surface area contributed by atoms with Crippen LogP contribution in [-0.4, -0.2) is 19.9 Å². The highest BCUT2D eigenvalue weighted by Gasteiger charge is 2.20. The molecule has 0 radical (unpaired) electrons. The minimum Gasteiger partial charge on any atom is -0.456 e. The molecule has 48 heavy (non-hydrogen) atoms. The third kappa shape index (κ3) is 4.06. The van der Waals surface area contributed by atoms with E-state index in [1.807, 2.05) is 72.9 Å². The standard InChI is InChI=1S/C42H24N4O2/c1-2-11-25(12-3-1)40-44-41(46-42(45-40)33-23-43-24-37-39(33)32-14-5-7-21-35(32)48-37)30-19-9-15-26-27(16-8-17-28(26)30)29-18-10-22-36-38(29)31-13-4-6-20-34(31)47-36/h1-24H. The molecule has 0 N–H and O–H groups in total. The third-order valence-corrected chi connectivity index (χ3v) is 9.05. The summed E-state index contributed by atoms with van der Waals surface area (Å²) in [5, 5.41) is 6.26. The minimum atomic E-state index is 0.534. The van der Waals surface area contributed by atoms with Gasteiger partial charge in [0.1, 0.15) is 16.7 Å². The third-order valence-electron chi connectivity index (χ3n) is 9.05. The predicted molar refractivity (Wildman–Crippen MR) is 191 cm³/mol. The van der Waals surface area contributed by atoms with Gasteiger partial charge in [-0.3, -0.25) is 4.98 Å². The Hall–Kier alpha value is -6.66. The van der Waals surface area contributed by atoms with Crippen molar-refractivity contribution in [3.05, 3.63) is 146 Å². The summed E-state index contributed by atoms with van der Waals surface area (Å²) in [7, 11) is 0. The van der Waals surface area contributed by atoms with Crippen molar-refractivity contribution >= 4 is 54.6 Å². The van der Waals surface area contributed by atoms with E-state index in [0.717, 1.165) is 76.9 Å². The number of furan rings is 2. The van der Waals surface area contributed by atoms with E-state index in [1.54, 1.807) is 6.20 Å². The molecule has 0 spiro atoms. The first-order valence-electron chi connectivity index (χ1n) is 15.8. The lowest BCUT2D eigenvalue weighted by Gasteiger charge is -2.13. The van der Waals surface area contributed by atoms with Crippen LogP contribution in [-0.2, 0) is 0 Å². The van der Waals surface area contributed by atoms with E-state index in [4.69, 9.17) is 23.8 Å². The summed E-state index contributed by atoms with van der Waals surface area (Å²) in [6.45, 7) is 0. The smallest absolute Gasteiger partial charge is 0.166 e. The average Bonchev–Trinajstić information content (AvgIpc) is 3.73. The highest BCUT2D eigenvalue weighted by Crippen LogP contribution is 2.41. The first kappa shape index (κ1) is 26.5. The SMILES string of the molecule is c1ccc(-c2nc(-c3cccc4c(-c5cccc6oc7ccccc7c56)cccc34)nc(-c3cncc4oc5ccccc5c34)n2)cc1. The van der Waals surface area contributed by atoms with Gasteiger partial charge < -0.3 is 8.83 Å². The zero-order valence-electron chi connectivity index (χ0n) is 25.5. The van der Waals surface area contributed by atoms with E-state index >= 15 is 0 Å². The summed E-state index contributed by atoms with van der Waals surface area (Å²) in [6, 6.07) is 45.2. The van der Waals surface area contributed by atoms with Gasteiger partial charge in [0.2, 0.25) is 0 Å². The molecule has 0 bridgehead atoms. The zero-order valence-corrected chi connectivity index (χ0v) is 25.5. The fourth-order valence-corrected chi connectivity index (χ4v) is 6.92. The molecule has 0 amide bonds. The summed E-state index contributed by atoms with van der Waals surface area (Å²) in [5.41, 5.74) is 8.06. The zero-order chi connectivity index (χ0) is 31.6. The molecule has 0 aliphatic rings. The van der Waals surface area contributed by atoms with Crippen molar-refractivity contribution < 1.29 is 8.83 Å². The van der Waals surface area contributed by atoms with E-state index < -0.39 is 0 Å². The second-order valence-electron chi connectivity index (χ2n) is 11.8. The Kier molecular flexibility index (Phi) is 5.77. The van der Waals surface area contributed by atoms with Crippen LogP contribution in [0.25, 0.3) is 99.9 Å². The second-order valence-corrected chi connectivity index (χ2v) is 11.8. The molecule has 0 aliphatic heterocycles. The second kappa shape index (κ2) is 10.4. The molecule has 4 heterocycles. The van der Waals surface area contributed by atoms with Crippen molar-refractivity contribution in [3.8, 4) is 45.3 Å². The Bertz CT molecular complexity index is 2850. The molecule has 0 aliphatic carbocycles. The number of fused-ring (bicyclic) bond motifs is 7. The van der Waals surface area contributed by atoms with Crippen molar-refractivity contribution in [2.24, 2.45) is 0 Å². The number of para-hydroxylation sites is 2. The average molecular weight is 617 g/mol. The molecular weight excluding hydrogens is 592 g/mol. The highest BCUT2D eigenvalue weighted by molar-refractivity contribution is 6.16. The van der Waals surface area contributed by atoms with Gasteiger partial charge in [-0.15, -0.1) is 0 Å². The van der Waals surface area contributed by atoms with E-state index in [9.17, 15) is 0 Å². The van der Waals surface area contributed by atoms with Crippen LogP contribution >= 0.6 is 0 Å². The van der Waals surface area contributed by atoms with Crippen molar-refractivity contribution in [1.29, 1.82) is 0 Å². The van der Waals surface area contributed by atoms with Crippen molar-refractivity contribution in [3.63, 3.8) is 0 Å². The fraction of sp³-hybridized carbons (Fsp3) is 0. The molecule has 6 aromatic carbocycles. The van der Waals surface area contributed by atoms with E-state index in [0.29, 0.717) is 23.1 Å². The van der Waals surface area contributed by atoms with Gasteiger partial charge in [-0.05, 0) is 40.1 Å². The van der Waals surface area contributed by atoms with Crippen LogP contribution in [0.15, 0.2) is 155 Å². The number of aromatic nitrogens is 4. The van der Waals surface area contributed by atoms with Crippen LogP contribution < -0.4 is 0 Å². The molecule has 0 fully saturated rings.